The van der Waals surface area contributed by atoms with Crippen molar-refractivity contribution in [3.63, 3.8) is 0 Å². The van der Waals surface area contributed by atoms with Crippen molar-refractivity contribution in [2.24, 2.45) is 11.7 Å². The number of unbranched alkanes of at least 4 members (excludes halogenated alkanes) is 1. The van der Waals surface area contributed by atoms with Gasteiger partial charge < -0.3 is 5.73 Å². The zero-order valence-electron chi connectivity index (χ0n) is 14.2. The summed E-state index contributed by atoms with van der Waals surface area (Å²) >= 11 is 0. The molecule has 1 fully saturated rings. The maximum absolute atomic E-state index is 6.72. The Hall–Kier alpha value is -0.830. The fraction of sp³-hybridized carbons (Fsp3) is 0.833. The predicted octanol–water partition coefficient (Wildman–Crippen LogP) is 4.09. The Balaban J connectivity index is 1.95. The summed E-state index contributed by atoms with van der Waals surface area (Å²) < 4.78 is 2.15. The smallest absolute Gasteiger partial charge is 0.0624 e. The molecule has 1 aromatic rings. The number of hydrogen-bond donors (Lipinski definition) is 1. The van der Waals surface area contributed by atoms with E-state index in [-0.39, 0.29) is 5.54 Å². The monoisotopic (exact) mass is 291 g/mol. The van der Waals surface area contributed by atoms with E-state index >= 15 is 0 Å². The molecule has 1 aliphatic carbocycles. The second-order valence-corrected chi connectivity index (χ2v) is 6.92. The molecule has 0 aromatic carbocycles. The normalized spacial score (nSPS) is 26.2. The van der Waals surface area contributed by atoms with Crippen LogP contribution in [-0.2, 0) is 19.4 Å². The highest BCUT2D eigenvalue weighted by Gasteiger charge is 2.32. The lowest BCUT2D eigenvalue weighted by Crippen LogP contribution is -2.45. The Morgan fingerprint density at radius 3 is 2.57 bits per heavy atom. The molecule has 0 radical (unpaired) electrons. The van der Waals surface area contributed by atoms with Crippen LogP contribution in [0.4, 0.5) is 0 Å². The van der Waals surface area contributed by atoms with Gasteiger partial charge in [0.05, 0.1) is 5.69 Å². The maximum Gasteiger partial charge on any atom is 0.0624 e. The van der Waals surface area contributed by atoms with Gasteiger partial charge in [0.15, 0.2) is 0 Å². The van der Waals surface area contributed by atoms with Gasteiger partial charge in [-0.3, -0.25) is 4.68 Å². The number of hydrogen-bond acceptors (Lipinski definition) is 2. The second-order valence-electron chi connectivity index (χ2n) is 6.92. The van der Waals surface area contributed by atoms with Gasteiger partial charge in [0.1, 0.15) is 0 Å². The zero-order chi connectivity index (χ0) is 15.3. The van der Waals surface area contributed by atoms with Gasteiger partial charge in [-0.15, -0.1) is 0 Å². The number of aryl methyl sites for hydroxylation is 2. The van der Waals surface area contributed by atoms with Crippen LogP contribution in [0.15, 0.2) is 6.07 Å². The first-order valence-electron chi connectivity index (χ1n) is 8.94. The highest BCUT2D eigenvalue weighted by molar-refractivity contribution is 5.14. The lowest BCUT2D eigenvalue weighted by Gasteiger charge is -2.37. The van der Waals surface area contributed by atoms with Crippen LogP contribution in [-0.4, -0.2) is 15.3 Å². The van der Waals surface area contributed by atoms with Crippen LogP contribution < -0.4 is 5.73 Å². The highest BCUT2D eigenvalue weighted by atomic mass is 15.3. The van der Waals surface area contributed by atoms with Crippen LogP contribution >= 0.6 is 0 Å². The SMILES string of the molecule is CCCCC1CCC(N)(Cc2cc(CC)nn2CC)CC1. The third-order valence-electron chi connectivity index (χ3n) is 5.18. The molecule has 1 aromatic heterocycles. The third-order valence-corrected chi connectivity index (χ3v) is 5.18. The first-order valence-corrected chi connectivity index (χ1v) is 8.94. The molecule has 2 rings (SSSR count). The molecule has 0 unspecified atom stereocenters. The topological polar surface area (TPSA) is 43.8 Å². The van der Waals surface area contributed by atoms with Gasteiger partial charge in [0, 0.05) is 24.2 Å². The van der Waals surface area contributed by atoms with Gasteiger partial charge >= 0.3 is 0 Å². The largest absolute Gasteiger partial charge is 0.325 e. The van der Waals surface area contributed by atoms with Crippen molar-refractivity contribution >= 4 is 0 Å². The van der Waals surface area contributed by atoms with Crippen LogP contribution in [0, 0.1) is 5.92 Å². The number of aromatic nitrogens is 2. The maximum atomic E-state index is 6.72. The Morgan fingerprint density at radius 2 is 2.00 bits per heavy atom. The first-order chi connectivity index (χ1) is 10.1. The number of nitrogens with zero attached hydrogens (tertiary/aromatic N) is 2. The van der Waals surface area contributed by atoms with Crippen LogP contribution in [0.1, 0.15) is 77.1 Å². The van der Waals surface area contributed by atoms with Crippen LogP contribution in [0.2, 0.25) is 0 Å². The number of rotatable bonds is 7. The van der Waals surface area contributed by atoms with Crippen molar-refractivity contribution in [1.29, 1.82) is 0 Å². The van der Waals surface area contributed by atoms with Gasteiger partial charge in [-0.2, -0.15) is 5.10 Å². The first kappa shape index (κ1) is 16.5. The van der Waals surface area contributed by atoms with Gasteiger partial charge in [-0.05, 0) is 51.0 Å². The van der Waals surface area contributed by atoms with Crippen molar-refractivity contribution in [3.8, 4) is 0 Å². The van der Waals surface area contributed by atoms with Crippen molar-refractivity contribution in [1.82, 2.24) is 9.78 Å². The summed E-state index contributed by atoms with van der Waals surface area (Å²) in [7, 11) is 0. The Bertz CT molecular complexity index is 428. The van der Waals surface area contributed by atoms with E-state index in [2.05, 4.69) is 36.6 Å². The third kappa shape index (κ3) is 4.32. The Morgan fingerprint density at radius 1 is 1.29 bits per heavy atom. The molecule has 3 nitrogen and oxygen atoms in total. The zero-order valence-corrected chi connectivity index (χ0v) is 14.2. The highest BCUT2D eigenvalue weighted by Crippen LogP contribution is 2.35. The molecular weight excluding hydrogens is 258 g/mol. The molecule has 0 spiro atoms. The summed E-state index contributed by atoms with van der Waals surface area (Å²) in [5, 5.41) is 4.66. The fourth-order valence-electron chi connectivity index (χ4n) is 3.68. The van der Waals surface area contributed by atoms with E-state index in [1.807, 2.05) is 0 Å². The van der Waals surface area contributed by atoms with E-state index in [1.165, 1.54) is 56.3 Å². The second kappa shape index (κ2) is 7.44. The van der Waals surface area contributed by atoms with Gasteiger partial charge in [-0.25, -0.2) is 0 Å². The molecule has 0 amide bonds. The average molecular weight is 291 g/mol. The Kier molecular flexibility index (Phi) is 5.86. The molecule has 0 aliphatic heterocycles. The summed E-state index contributed by atoms with van der Waals surface area (Å²) in [4.78, 5) is 0. The van der Waals surface area contributed by atoms with Crippen molar-refractivity contribution in [3.05, 3.63) is 17.5 Å². The molecule has 0 atom stereocenters. The van der Waals surface area contributed by atoms with Crippen LogP contribution in [0.3, 0.4) is 0 Å². The standard InChI is InChI=1S/C18H33N3/c1-4-7-8-15-9-11-18(19,12-10-15)14-17-13-16(5-2)20-21(17)6-3/h13,15H,4-12,14,19H2,1-3H3. The van der Waals surface area contributed by atoms with Crippen molar-refractivity contribution in [2.75, 3.05) is 0 Å². The molecule has 1 aliphatic rings. The van der Waals surface area contributed by atoms with Crippen LogP contribution in [0.5, 0.6) is 0 Å². The van der Waals surface area contributed by atoms with Gasteiger partial charge in [-0.1, -0.05) is 33.1 Å². The molecule has 3 heteroatoms. The van der Waals surface area contributed by atoms with Crippen molar-refractivity contribution in [2.45, 2.75) is 90.6 Å². The van der Waals surface area contributed by atoms with Gasteiger partial charge in [0.25, 0.3) is 0 Å². The number of nitrogens with two attached hydrogens (primary N) is 1. The summed E-state index contributed by atoms with van der Waals surface area (Å²) in [6, 6.07) is 2.27. The summed E-state index contributed by atoms with van der Waals surface area (Å²) in [5.74, 6) is 0.920. The van der Waals surface area contributed by atoms with Crippen molar-refractivity contribution < 1.29 is 0 Å². The average Bonchev–Trinajstić information content (AvgIpc) is 2.88. The lowest BCUT2D eigenvalue weighted by atomic mass is 9.73. The molecule has 120 valence electrons. The minimum atomic E-state index is 0.000674. The summed E-state index contributed by atoms with van der Waals surface area (Å²) in [6.45, 7) is 7.57. The van der Waals surface area contributed by atoms with E-state index in [0.29, 0.717) is 0 Å². The van der Waals surface area contributed by atoms with E-state index in [0.717, 1.165) is 25.3 Å². The fourth-order valence-corrected chi connectivity index (χ4v) is 3.68. The Labute approximate surface area is 130 Å². The quantitative estimate of drug-likeness (QED) is 0.822. The van der Waals surface area contributed by atoms with Crippen LogP contribution in [0.25, 0.3) is 0 Å². The summed E-state index contributed by atoms with van der Waals surface area (Å²) in [6.07, 6.45) is 11.1. The van der Waals surface area contributed by atoms with Gasteiger partial charge in [0.2, 0.25) is 0 Å². The lowest BCUT2D eigenvalue weighted by molar-refractivity contribution is 0.218. The molecule has 0 saturated heterocycles. The predicted molar refractivity (Wildman–Crippen MR) is 89.4 cm³/mol. The van der Waals surface area contributed by atoms with E-state index in [4.69, 9.17) is 5.73 Å². The van der Waals surface area contributed by atoms with E-state index in [1.54, 1.807) is 0 Å². The molecule has 1 heterocycles. The minimum Gasteiger partial charge on any atom is -0.325 e. The molecule has 2 N–H and O–H groups in total. The van der Waals surface area contributed by atoms with E-state index < -0.39 is 0 Å². The molecule has 0 bridgehead atoms. The summed E-state index contributed by atoms with van der Waals surface area (Å²) in [5.41, 5.74) is 9.25. The molecule has 1 saturated carbocycles. The minimum absolute atomic E-state index is 0.000674. The molecular formula is C18H33N3. The van der Waals surface area contributed by atoms with E-state index in [9.17, 15) is 0 Å². The molecule has 21 heavy (non-hydrogen) atoms.